The number of hydrogen-bond acceptors (Lipinski definition) is 6. The summed E-state index contributed by atoms with van der Waals surface area (Å²) in [6.07, 6.45) is 5.12. The number of carbonyl (C=O) groups is 4. The van der Waals surface area contributed by atoms with Gasteiger partial charge >= 0.3 is 5.97 Å². The Morgan fingerprint density at radius 2 is 1.67 bits per heavy atom. The van der Waals surface area contributed by atoms with Crippen molar-refractivity contribution in [1.82, 2.24) is 20.9 Å². The van der Waals surface area contributed by atoms with E-state index in [1.54, 1.807) is 6.20 Å². The molecule has 2 aromatic rings. The first kappa shape index (κ1) is 32.2. The second-order valence-electron chi connectivity index (χ2n) is 10.4. The predicted molar refractivity (Wildman–Crippen MR) is 155 cm³/mol. The third-order valence-electron chi connectivity index (χ3n) is 6.81. The van der Waals surface area contributed by atoms with Gasteiger partial charge in [-0.1, -0.05) is 52.3 Å². The zero-order valence-corrected chi connectivity index (χ0v) is 24.3. The zero-order chi connectivity index (χ0) is 29.1. The summed E-state index contributed by atoms with van der Waals surface area (Å²) in [6.45, 7) is 7.62. The Bertz CT molecular complexity index is 1120. The van der Waals surface area contributed by atoms with E-state index in [0.29, 0.717) is 18.6 Å². The van der Waals surface area contributed by atoms with Gasteiger partial charge in [0.25, 0.3) is 0 Å². The third-order valence-corrected chi connectivity index (χ3v) is 7.46. The first-order chi connectivity index (χ1) is 18.5. The summed E-state index contributed by atoms with van der Waals surface area (Å²) in [5.41, 5.74) is 7.83. The van der Waals surface area contributed by atoms with Crippen molar-refractivity contribution in [2.45, 2.75) is 77.5 Å². The molecule has 1 aromatic heterocycles. The number of aliphatic carboxylic acids is 1. The lowest BCUT2D eigenvalue weighted by atomic mass is 9.96. The van der Waals surface area contributed by atoms with Gasteiger partial charge in [0.05, 0.1) is 6.04 Å². The van der Waals surface area contributed by atoms with Gasteiger partial charge in [-0.15, -0.1) is 0 Å². The number of carboxylic acid groups (broad SMARTS) is 1. The molecule has 0 saturated heterocycles. The molecule has 0 bridgehead atoms. The Hall–Kier alpha value is -3.05. The fourth-order valence-electron chi connectivity index (χ4n) is 4.33. The highest BCUT2D eigenvalue weighted by atomic mass is 32.2. The molecule has 5 atom stereocenters. The van der Waals surface area contributed by atoms with E-state index in [-0.39, 0.29) is 24.7 Å². The zero-order valence-electron chi connectivity index (χ0n) is 23.5. The lowest BCUT2D eigenvalue weighted by Crippen LogP contribution is -2.59. The Morgan fingerprint density at radius 1 is 1.00 bits per heavy atom. The number of hydrogen-bond donors (Lipinski definition) is 6. The summed E-state index contributed by atoms with van der Waals surface area (Å²) in [5.74, 6) is -2.21. The fraction of sp³-hybridized carbons (Fsp3) is 0.571. The summed E-state index contributed by atoms with van der Waals surface area (Å²) < 4.78 is 0. The molecule has 5 unspecified atom stereocenters. The molecule has 0 spiro atoms. The number of carboxylic acids is 1. The highest BCUT2D eigenvalue weighted by Gasteiger charge is 2.33. The van der Waals surface area contributed by atoms with Gasteiger partial charge in [-0.2, -0.15) is 11.8 Å². The maximum atomic E-state index is 13.6. The molecule has 11 heteroatoms. The van der Waals surface area contributed by atoms with Crippen molar-refractivity contribution < 1.29 is 24.3 Å². The Kier molecular flexibility index (Phi) is 12.8. The van der Waals surface area contributed by atoms with E-state index in [4.69, 9.17) is 5.73 Å². The molecular weight excluding hydrogens is 518 g/mol. The van der Waals surface area contributed by atoms with Crippen LogP contribution in [-0.2, 0) is 25.6 Å². The fourth-order valence-corrected chi connectivity index (χ4v) is 4.81. The van der Waals surface area contributed by atoms with Crippen LogP contribution in [0, 0.1) is 11.8 Å². The van der Waals surface area contributed by atoms with Crippen LogP contribution >= 0.6 is 11.8 Å². The van der Waals surface area contributed by atoms with Crippen molar-refractivity contribution in [1.29, 1.82) is 0 Å². The van der Waals surface area contributed by atoms with Crippen molar-refractivity contribution in [2.75, 3.05) is 12.0 Å². The topological polar surface area (TPSA) is 166 Å². The molecule has 0 aliphatic heterocycles. The molecule has 0 aliphatic carbocycles. The molecule has 0 saturated carbocycles. The van der Waals surface area contributed by atoms with E-state index in [1.165, 1.54) is 11.8 Å². The van der Waals surface area contributed by atoms with E-state index in [1.807, 2.05) is 58.2 Å². The molecule has 0 fully saturated rings. The van der Waals surface area contributed by atoms with E-state index >= 15 is 0 Å². The first-order valence-corrected chi connectivity index (χ1v) is 14.8. The number of H-pyrrole nitrogens is 1. The Morgan fingerprint density at radius 3 is 2.28 bits per heavy atom. The summed E-state index contributed by atoms with van der Waals surface area (Å²) >= 11 is 1.48. The molecule has 10 nitrogen and oxygen atoms in total. The van der Waals surface area contributed by atoms with Gasteiger partial charge in [-0.25, -0.2) is 4.79 Å². The van der Waals surface area contributed by atoms with Crippen LogP contribution in [0.5, 0.6) is 0 Å². The number of para-hydroxylation sites is 1. The number of nitrogens with two attached hydrogens (primary N) is 1. The molecule has 2 rings (SSSR count). The molecule has 1 aromatic carbocycles. The molecule has 0 radical (unpaired) electrons. The van der Waals surface area contributed by atoms with Crippen molar-refractivity contribution in [3.63, 3.8) is 0 Å². The highest BCUT2D eigenvalue weighted by Crippen LogP contribution is 2.20. The second kappa shape index (κ2) is 15.5. The number of fused-ring (bicyclic) bond motifs is 1. The SMILES string of the molecule is CCC(C)C(NC(=O)C(Cc1c[nH]c2ccccc12)NC(=O)C(N)CC(C)C)C(=O)NC(CCSC)C(=O)O. The third kappa shape index (κ3) is 9.58. The molecule has 3 amide bonds. The minimum absolute atomic E-state index is 0.177. The summed E-state index contributed by atoms with van der Waals surface area (Å²) in [4.78, 5) is 54.7. The predicted octanol–water partition coefficient (Wildman–Crippen LogP) is 2.42. The average Bonchev–Trinajstić information content (AvgIpc) is 3.30. The smallest absolute Gasteiger partial charge is 0.326 e. The quantitative estimate of drug-likeness (QED) is 0.183. The number of amides is 3. The van der Waals surface area contributed by atoms with Crippen LogP contribution < -0.4 is 21.7 Å². The van der Waals surface area contributed by atoms with Gasteiger partial charge in [-0.3, -0.25) is 14.4 Å². The molecule has 0 aliphatic rings. The number of carbonyl (C=O) groups excluding carboxylic acids is 3. The van der Waals surface area contributed by atoms with E-state index in [0.717, 1.165) is 16.5 Å². The number of rotatable bonds is 16. The first-order valence-electron chi connectivity index (χ1n) is 13.4. The lowest BCUT2D eigenvalue weighted by Gasteiger charge is -2.28. The van der Waals surface area contributed by atoms with Crippen LogP contribution in [0.15, 0.2) is 30.5 Å². The minimum Gasteiger partial charge on any atom is -0.480 e. The van der Waals surface area contributed by atoms with Crippen LogP contribution in [0.25, 0.3) is 10.9 Å². The summed E-state index contributed by atoms with van der Waals surface area (Å²) in [6, 6.07) is 3.81. The standard InChI is InChI=1S/C28H43N5O5S/c1-6-17(4)24(27(36)31-22(28(37)38)11-12-39-5)33-26(35)23(32-25(34)20(29)13-16(2)3)14-18-15-30-21-10-8-7-9-19(18)21/h7-10,15-17,20,22-24,30H,6,11-14,29H2,1-5H3,(H,31,36)(H,32,34)(H,33,35)(H,37,38). The van der Waals surface area contributed by atoms with Crippen LogP contribution in [0.4, 0.5) is 0 Å². The molecule has 7 N–H and O–H groups in total. The number of benzene rings is 1. The van der Waals surface area contributed by atoms with Crippen molar-refractivity contribution in [3.05, 3.63) is 36.0 Å². The second-order valence-corrected chi connectivity index (χ2v) is 11.4. The van der Waals surface area contributed by atoms with E-state index in [2.05, 4.69) is 20.9 Å². The largest absolute Gasteiger partial charge is 0.480 e. The number of thioether (sulfide) groups is 1. The van der Waals surface area contributed by atoms with Gasteiger partial charge in [0.1, 0.15) is 18.1 Å². The van der Waals surface area contributed by atoms with Crippen molar-refractivity contribution in [3.8, 4) is 0 Å². The lowest BCUT2D eigenvalue weighted by molar-refractivity contribution is -0.142. The van der Waals surface area contributed by atoms with E-state index in [9.17, 15) is 24.3 Å². The Labute approximate surface area is 234 Å². The molecule has 216 valence electrons. The minimum atomic E-state index is -1.13. The summed E-state index contributed by atoms with van der Waals surface area (Å²) in [5, 5.41) is 18.7. The van der Waals surface area contributed by atoms with Crippen LogP contribution in [0.3, 0.4) is 0 Å². The van der Waals surface area contributed by atoms with E-state index < -0.39 is 47.9 Å². The van der Waals surface area contributed by atoms with Gasteiger partial charge < -0.3 is 31.8 Å². The molecular formula is C28H43N5O5S. The molecule has 39 heavy (non-hydrogen) atoms. The highest BCUT2D eigenvalue weighted by molar-refractivity contribution is 7.98. The van der Waals surface area contributed by atoms with Gasteiger partial charge in [0, 0.05) is 23.5 Å². The van der Waals surface area contributed by atoms with Crippen LogP contribution in [-0.4, -0.2) is 70.0 Å². The van der Waals surface area contributed by atoms with Crippen LogP contribution in [0.2, 0.25) is 0 Å². The maximum Gasteiger partial charge on any atom is 0.326 e. The monoisotopic (exact) mass is 561 g/mol. The molecule has 1 heterocycles. The average molecular weight is 562 g/mol. The van der Waals surface area contributed by atoms with Gasteiger partial charge in [-0.05, 0) is 48.3 Å². The van der Waals surface area contributed by atoms with Crippen LogP contribution in [0.1, 0.15) is 52.5 Å². The van der Waals surface area contributed by atoms with Crippen molar-refractivity contribution in [2.24, 2.45) is 17.6 Å². The number of aromatic amines is 1. The van der Waals surface area contributed by atoms with Gasteiger partial charge in [0.15, 0.2) is 0 Å². The Balaban J connectivity index is 2.30. The number of aromatic nitrogens is 1. The van der Waals surface area contributed by atoms with Gasteiger partial charge in [0.2, 0.25) is 17.7 Å². The van der Waals surface area contributed by atoms with Crippen molar-refractivity contribution >= 4 is 46.4 Å². The normalized spacial score (nSPS) is 15.3. The summed E-state index contributed by atoms with van der Waals surface area (Å²) in [7, 11) is 0. The number of nitrogens with one attached hydrogen (secondary N) is 4. The maximum absolute atomic E-state index is 13.6.